The van der Waals surface area contributed by atoms with Crippen molar-refractivity contribution < 1.29 is 4.39 Å². The van der Waals surface area contributed by atoms with Gasteiger partial charge >= 0.3 is 0 Å². The first-order chi connectivity index (χ1) is 7.50. The number of hydrogen-bond acceptors (Lipinski definition) is 1. The third-order valence-corrected chi connectivity index (χ3v) is 3.07. The lowest BCUT2D eigenvalue weighted by atomic mass is 9.83. The van der Waals surface area contributed by atoms with Crippen LogP contribution in [-0.4, -0.2) is 11.9 Å². The number of rotatable bonds is 3. The molecule has 0 aromatic heterocycles. The van der Waals surface area contributed by atoms with Gasteiger partial charge in [0.25, 0.3) is 0 Å². The van der Waals surface area contributed by atoms with Crippen molar-refractivity contribution >= 4 is 5.84 Å². The van der Waals surface area contributed by atoms with E-state index in [2.05, 4.69) is 4.99 Å². The summed E-state index contributed by atoms with van der Waals surface area (Å²) in [4.78, 5) is 4.46. The molecular formula is C13H17FN2. The smallest absolute Gasteiger partial charge is 0.123 e. The predicted molar refractivity (Wildman–Crippen MR) is 64.1 cm³/mol. The SMILES string of the molecule is CC(C)(C(N)=NC1CC1)c1ccc(F)cc1. The molecule has 0 aliphatic heterocycles. The van der Waals surface area contributed by atoms with Crippen molar-refractivity contribution in [3.05, 3.63) is 35.6 Å². The van der Waals surface area contributed by atoms with Crippen molar-refractivity contribution in [2.45, 2.75) is 38.1 Å². The molecule has 2 nitrogen and oxygen atoms in total. The zero-order chi connectivity index (χ0) is 11.8. The van der Waals surface area contributed by atoms with Gasteiger partial charge in [0.15, 0.2) is 0 Å². The van der Waals surface area contributed by atoms with E-state index in [4.69, 9.17) is 5.73 Å². The number of nitrogens with zero attached hydrogens (tertiary/aromatic N) is 1. The van der Waals surface area contributed by atoms with Crippen LogP contribution in [0.2, 0.25) is 0 Å². The molecule has 2 N–H and O–H groups in total. The summed E-state index contributed by atoms with van der Waals surface area (Å²) in [5.74, 6) is 0.416. The number of aliphatic imine (C=N–C) groups is 1. The molecule has 2 rings (SSSR count). The quantitative estimate of drug-likeness (QED) is 0.617. The number of benzene rings is 1. The van der Waals surface area contributed by atoms with E-state index < -0.39 is 0 Å². The number of halogens is 1. The molecule has 0 amide bonds. The minimum Gasteiger partial charge on any atom is -0.387 e. The van der Waals surface area contributed by atoms with E-state index in [1.165, 1.54) is 12.1 Å². The first-order valence-electron chi connectivity index (χ1n) is 5.60. The highest BCUT2D eigenvalue weighted by Crippen LogP contribution is 2.28. The Morgan fingerprint density at radius 2 is 1.88 bits per heavy atom. The molecule has 0 bridgehead atoms. The Bertz CT molecular complexity index is 402. The van der Waals surface area contributed by atoms with Crippen LogP contribution in [-0.2, 0) is 5.41 Å². The Morgan fingerprint density at radius 1 is 1.31 bits per heavy atom. The van der Waals surface area contributed by atoms with Crippen molar-refractivity contribution in [1.29, 1.82) is 0 Å². The van der Waals surface area contributed by atoms with Crippen molar-refractivity contribution in [3.8, 4) is 0 Å². The van der Waals surface area contributed by atoms with E-state index in [9.17, 15) is 4.39 Å². The van der Waals surface area contributed by atoms with Gasteiger partial charge in [-0.3, -0.25) is 4.99 Å². The second-order valence-electron chi connectivity index (χ2n) is 4.88. The molecule has 0 atom stereocenters. The fourth-order valence-corrected chi connectivity index (χ4v) is 1.58. The molecule has 0 unspecified atom stereocenters. The largest absolute Gasteiger partial charge is 0.387 e. The van der Waals surface area contributed by atoms with Crippen molar-refractivity contribution in [2.24, 2.45) is 10.7 Å². The number of nitrogens with two attached hydrogens (primary N) is 1. The van der Waals surface area contributed by atoms with Gasteiger partial charge in [0.1, 0.15) is 11.7 Å². The van der Waals surface area contributed by atoms with E-state index in [-0.39, 0.29) is 11.2 Å². The van der Waals surface area contributed by atoms with Gasteiger partial charge in [-0.15, -0.1) is 0 Å². The summed E-state index contributed by atoms with van der Waals surface area (Å²) in [6, 6.07) is 6.87. The van der Waals surface area contributed by atoms with Gasteiger partial charge < -0.3 is 5.73 Å². The van der Waals surface area contributed by atoms with E-state index in [1.54, 1.807) is 12.1 Å². The van der Waals surface area contributed by atoms with Crippen LogP contribution in [0.4, 0.5) is 4.39 Å². The van der Waals surface area contributed by atoms with Crippen LogP contribution in [0.5, 0.6) is 0 Å². The summed E-state index contributed by atoms with van der Waals surface area (Å²) in [7, 11) is 0. The summed E-state index contributed by atoms with van der Waals surface area (Å²) in [5.41, 5.74) is 6.69. The molecule has 1 aliphatic rings. The fourth-order valence-electron chi connectivity index (χ4n) is 1.58. The molecule has 0 radical (unpaired) electrons. The molecule has 0 saturated heterocycles. The van der Waals surface area contributed by atoms with Crippen molar-refractivity contribution in [3.63, 3.8) is 0 Å². The molecule has 3 heteroatoms. The molecule has 1 fully saturated rings. The second-order valence-corrected chi connectivity index (χ2v) is 4.88. The standard InChI is InChI=1S/C13H17FN2/c1-13(2,12(15)16-11-7-8-11)9-3-5-10(14)6-4-9/h3-6,11H,7-8H2,1-2H3,(H2,15,16). The van der Waals surface area contributed by atoms with Gasteiger partial charge in [-0.1, -0.05) is 12.1 Å². The lowest BCUT2D eigenvalue weighted by molar-refractivity contribution is 0.623. The van der Waals surface area contributed by atoms with Crippen molar-refractivity contribution in [1.82, 2.24) is 0 Å². The van der Waals surface area contributed by atoms with E-state index >= 15 is 0 Å². The maximum Gasteiger partial charge on any atom is 0.123 e. The number of amidine groups is 1. The van der Waals surface area contributed by atoms with Gasteiger partial charge in [-0.25, -0.2) is 4.39 Å². The predicted octanol–water partition coefficient (Wildman–Crippen LogP) is 2.62. The highest BCUT2D eigenvalue weighted by atomic mass is 19.1. The molecule has 1 saturated carbocycles. The summed E-state index contributed by atoms with van der Waals surface area (Å²) < 4.78 is 12.8. The molecule has 1 aliphatic carbocycles. The van der Waals surface area contributed by atoms with Crippen LogP contribution in [0.1, 0.15) is 32.3 Å². The molecule has 1 aromatic rings. The monoisotopic (exact) mass is 220 g/mol. The third kappa shape index (κ3) is 2.23. The third-order valence-electron chi connectivity index (χ3n) is 3.07. The maximum absolute atomic E-state index is 12.8. The Labute approximate surface area is 95.4 Å². The molecule has 0 heterocycles. The highest BCUT2D eigenvalue weighted by Gasteiger charge is 2.28. The first-order valence-corrected chi connectivity index (χ1v) is 5.60. The molecule has 86 valence electrons. The van der Waals surface area contributed by atoms with Crippen LogP contribution in [0.25, 0.3) is 0 Å². The van der Waals surface area contributed by atoms with E-state index in [0.29, 0.717) is 11.9 Å². The van der Waals surface area contributed by atoms with Gasteiger partial charge in [0, 0.05) is 5.41 Å². The van der Waals surface area contributed by atoms with Gasteiger partial charge in [0.2, 0.25) is 0 Å². The van der Waals surface area contributed by atoms with Gasteiger partial charge in [0.05, 0.1) is 6.04 Å². The van der Waals surface area contributed by atoms with Crippen LogP contribution in [0.3, 0.4) is 0 Å². The zero-order valence-corrected chi connectivity index (χ0v) is 9.70. The normalized spacial score (nSPS) is 17.6. The van der Waals surface area contributed by atoms with Gasteiger partial charge in [-0.2, -0.15) is 0 Å². The second kappa shape index (κ2) is 3.89. The summed E-state index contributed by atoms with van der Waals surface area (Å²) >= 11 is 0. The molecule has 0 spiro atoms. The Kier molecular flexibility index (Phi) is 2.70. The van der Waals surface area contributed by atoms with Crippen LogP contribution in [0, 0.1) is 5.82 Å². The molecular weight excluding hydrogens is 203 g/mol. The van der Waals surface area contributed by atoms with Crippen LogP contribution < -0.4 is 5.73 Å². The lowest BCUT2D eigenvalue weighted by Crippen LogP contribution is -2.36. The Hall–Kier alpha value is -1.38. The summed E-state index contributed by atoms with van der Waals surface area (Å²) in [6.07, 6.45) is 2.28. The highest BCUT2D eigenvalue weighted by molar-refractivity contribution is 5.91. The number of hydrogen-bond donors (Lipinski definition) is 1. The zero-order valence-electron chi connectivity index (χ0n) is 9.70. The Balaban J connectivity index is 2.26. The minimum atomic E-state index is -0.323. The summed E-state index contributed by atoms with van der Waals surface area (Å²) in [6.45, 7) is 4.03. The van der Waals surface area contributed by atoms with Crippen LogP contribution in [0.15, 0.2) is 29.3 Å². The lowest BCUT2D eigenvalue weighted by Gasteiger charge is -2.24. The van der Waals surface area contributed by atoms with Crippen LogP contribution >= 0.6 is 0 Å². The van der Waals surface area contributed by atoms with Crippen molar-refractivity contribution in [2.75, 3.05) is 0 Å². The molecule has 16 heavy (non-hydrogen) atoms. The summed E-state index contributed by atoms with van der Waals surface area (Å²) in [5, 5.41) is 0. The Morgan fingerprint density at radius 3 is 2.38 bits per heavy atom. The fraction of sp³-hybridized carbons (Fsp3) is 0.462. The van der Waals surface area contributed by atoms with E-state index in [1.807, 2.05) is 13.8 Å². The average Bonchev–Trinajstić information content (AvgIpc) is 3.02. The van der Waals surface area contributed by atoms with E-state index in [0.717, 1.165) is 18.4 Å². The first kappa shape index (κ1) is 11.1. The maximum atomic E-state index is 12.8. The minimum absolute atomic E-state index is 0.225. The average molecular weight is 220 g/mol. The topological polar surface area (TPSA) is 38.4 Å². The molecule has 1 aromatic carbocycles. The van der Waals surface area contributed by atoms with Gasteiger partial charge in [-0.05, 0) is 44.4 Å².